The quantitative estimate of drug-likeness (QED) is 0.784. The fourth-order valence-corrected chi connectivity index (χ4v) is 2.66. The second kappa shape index (κ2) is 5.04. The summed E-state index contributed by atoms with van der Waals surface area (Å²) < 4.78 is 11.0. The van der Waals surface area contributed by atoms with Crippen molar-refractivity contribution >= 4 is 11.9 Å². The molecule has 5 heteroatoms. The van der Waals surface area contributed by atoms with Crippen LogP contribution in [0.4, 0.5) is 6.01 Å². The summed E-state index contributed by atoms with van der Waals surface area (Å²) in [6, 6.07) is 15.2. The van der Waals surface area contributed by atoms with Crippen LogP contribution in [0.25, 0.3) is 0 Å². The number of hydrogen-bond acceptors (Lipinski definition) is 4. The largest absolute Gasteiger partial charge is 0.457 e. The second-order valence-corrected chi connectivity index (χ2v) is 4.94. The Hall–Kier alpha value is -3.08. The van der Waals surface area contributed by atoms with Crippen molar-refractivity contribution in [1.29, 1.82) is 0 Å². The van der Waals surface area contributed by atoms with Gasteiger partial charge in [-0.05, 0) is 12.1 Å². The first kappa shape index (κ1) is 12.6. The lowest BCUT2D eigenvalue weighted by Gasteiger charge is -2.26. The van der Waals surface area contributed by atoms with E-state index < -0.39 is 5.92 Å². The summed E-state index contributed by atoms with van der Waals surface area (Å²) in [5, 5.41) is 2.70. The first-order chi connectivity index (χ1) is 10.8. The maximum Gasteiger partial charge on any atom is 0.301 e. The van der Waals surface area contributed by atoms with Crippen LogP contribution >= 0.6 is 0 Å². The SMILES string of the molecule is O=C(Nc1ncco1)C1c2ccccc2Oc2ccccc21. The molecule has 22 heavy (non-hydrogen) atoms. The molecule has 108 valence electrons. The van der Waals surface area contributed by atoms with Crippen LogP contribution in [0.1, 0.15) is 17.0 Å². The molecule has 1 aliphatic heterocycles. The lowest BCUT2D eigenvalue weighted by atomic mass is 9.87. The van der Waals surface area contributed by atoms with Crippen molar-refractivity contribution in [3.8, 4) is 11.5 Å². The minimum Gasteiger partial charge on any atom is -0.457 e. The number of amides is 1. The van der Waals surface area contributed by atoms with Gasteiger partial charge in [-0.1, -0.05) is 36.4 Å². The van der Waals surface area contributed by atoms with Gasteiger partial charge in [-0.15, -0.1) is 0 Å². The minimum absolute atomic E-state index is 0.187. The van der Waals surface area contributed by atoms with Gasteiger partial charge in [0.25, 0.3) is 0 Å². The molecule has 0 atom stereocenters. The number of rotatable bonds is 2. The van der Waals surface area contributed by atoms with Crippen molar-refractivity contribution in [3.63, 3.8) is 0 Å². The average molecular weight is 292 g/mol. The maximum atomic E-state index is 12.7. The number of benzene rings is 2. The van der Waals surface area contributed by atoms with Crippen LogP contribution in [-0.2, 0) is 4.79 Å². The number of anilines is 1. The van der Waals surface area contributed by atoms with E-state index in [0.29, 0.717) is 11.5 Å². The molecule has 3 aromatic rings. The van der Waals surface area contributed by atoms with E-state index in [1.54, 1.807) is 0 Å². The normalized spacial score (nSPS) is 12.9. The molecule has 4 rings (SSSR count). The highest BCUT2D eigenvalue weighted by molar-refractivity contribution is 5.98. The number of para-hydroxylation sites is 2. The number of carbonyl (C=O) groups excluding carboxylic acids is 1. The number of aromatic nitrogens is 1. The van der Waals surface area contributed by atoms with E-state index in [1.807, 2.05) is 48.5 Å². The molecule has 5 nitrogen and oxygen atoms in total. The molecule has 0 fully saturated rings. The molecule has 1 N–H and O–H groups in total. The highest BCUT2D eigenvalue weighted by atomic mass is 16.5. The standard InChI is InChI=1S/C17H12N2O3/c20-16(19-17-18-9-10-21-17)15-11-5-1-3-7-13(11)22-14-8-4-2-6-12(14)15/h1-10,15H,(H,18,19,20). The van der Waals surface area contributed by atoms with Gasteiger partial charge in [-0.25, -0.2) is 4.98 Å². The molecule has 1 aliphatic rings. The first-order valence-corrected chi connectivity index (χ1v) is 6.89. The predicted molar refractivity (Wildman–Crippen MR) is 79.9 cm³/mol. The maximum absolute atomic E-state index is 12.7. The molecular formula is C17H12N2O3. The van der Waals surface area contributed by atoms with Crippen LogP contribution in [0.5, 0.6) is 11.5 Å². The number of nitrogens with one attached hydrogen (secondary N) is 1. The average Bonchev–Trinajstić information content (AvgIpc) is 3.05. The molecule has 0 bridgehead atoms. The predicted octanol–water partition coefficient (Wildman–Crippen LogP) is 3.55. The van der Waals surface area contributed by atoms with Crippen LogP contribution in [-0.4, -0.2) is 10.9 Å². The zero-order chi connectivity index (χ0) is 14.9. The summed E-state index contributed by atoms with van der Waals surface area (Å²) in [7, 11) is 0. The summed E-state index contributed by atoms with van der Waals surface area (Å²) in [4.78, 5) is 16.7. The van der Waals surface area contributed by atoms with E-state index in [0.717, 1.165) is 11.1 Å². The van der Waals surface area contributed by atoms with Gasteiger partial charge in [0, 0.05) is 11.1 Å². The number of fused-ring (bicyclic) bond motifs is 2. The molecule has 2 heterocycles. The number of oxazole rings is 1. The molecule has 1 aromatic heterocycles. The summed E-state index contributed by atoms with van der Waals surface area (Å²) in [5.41, 5.74) is 1.65. The van der Waals surface area contributed by atoms with E-state index in [4.69, 9.17) is 9.15 Å². The van der Waals surface area contributed by atoms with Crippen molar-refractivity contribution in [2.24, 2.45) is 0 Å². The van der Waals surface area contributed by atoms with Gasteiger partial charge in [0.15, 0.2) is 0 Å². The molecule has 0 radical (unpaired) electrons. The Morgan fingerprint density at radius 3 is 2.23 bits per heavy atom. The van der Waals surface area contributed by atoms with E-state index in [-0.39, 0.29) is 11.9 Å². The summed E-state index contributed by atoms with van der Waals surface area (Å²) in [5.74, 6) is 0.709. The highest BCUT2D eigenvalue weighted by Crippen LogP contribution is 2.44. The molecule has 2 aromatic carbocycles. The summed E-state index contributed by atoms with van der Waals surface area (Å²) >= 11 is 0. The monoisotopic (exact) mass is 292 g/mol. The molecule has 1 amide bonds. The molecule has 0 saturated heterocycles. The molecule has 0 spiro atoms. The van der Waals surface area contributed by atoms with E-state index in [9.17, 15) is 4.79 Å². The van der Waals surface area contributed by atoms with Crippen LogP contribution < -0.4 is 10.1 Å². The third-order valence-corrected chi connectivity index (χ3v) is 3.60. The van der Waals surface area contributed by atoms with Gasteiger partial charge < -0.3 is 9.15 Å². The Morgan fingerprint density at radius 2 is 1.64 bits per heavy atom. The Kier molecular flexibility index (Phi) is 2.89. The second-order valence-electron chi connectivity index (χ2n) is 4.94. The zero-order valence-corrected chi connectivity index (χ0v) is 11.5. The van der Waals surface area contributed by atoms with Crippen molar-refractivity contribution in [1.82, 2.24) is 4.98 Å². The molecule has 0 unspecified atom stereocenters. The van der Waals surface area contributed by atoms with Crippen molar-refractivity contribution in [2.45, 2.75) is 5.92 Å². The zero-order valence-electron chi connectivity index (χ0n) is 11.5. The number of nitrogens with zero attached hydrogens (tertiary/aromatic N) is 1. The van der Waals surface area contributed by atoms with Gasteiger partial charge >= 0.3 is 6.01 Å². The Morgan fingerprint density at radius 1 is 1.00 bits per heavy atom. The van der Waals surface area contributed by atoms with Gasteiger partial charge in [0.2, 0.25) is 5.91 Å². The van der Waals surface area contributed by atoms with E-state index in [2.05, 4.69) is 10.3 Å². The summed E-state index contributed by atoms with van der Waals surface area (Å²) in [6.07, 6.45) is 2.91. The Labute approximate surface area is 126 Å². The lowest BCUT2D eigenvalue weighted by molar-refractivity contribution is -0.117. The lowest BCUT2D eigenvalue weighted by Crippen LogP contribution is -2.25. The minimum atomic E-state index is -0.465. The topological polar surface area (TPSA) is 64.4 Å². The molecular weight excluding hydrogens is 280 g/mol. The van der Waals surface area contributed by atoms with Crippen molar-refractivity contribution < 1.29 is 13.9 Å². The third-order valence-electron chi connectivity index (χ3n) is 3.60. The number of hydrogen-bond donors (Lipinski definition) is 1. The highest BCUT2D eigenvalue weighted by Gasteiger charge is 2.32. The number of carbonyl (C=O) groups is 1. The van der Waals surface area contributed by atoms with E-state index in [1.165, 1.54) is 12.5 Å². The fourth-order valence-electron chi connectivity index (χ4n) is 2.66. The Balaban J connectivity index is 1.79. The van der Waals surface area contributed by atoms with Crippen LogP contribution in [0.15, 0.2) is 65.4 Å². The number of ether oxygens (including phenoxy) is 1. The third kappa shape index (κ3) is 2.03. The van der Waals surface area contributed by atoms with Crippen LogP contribution in [0.3, 0.4) is 0 Å². The van der Waals surface area contributed by atoms with Gasteiger partial charge in [0.1, 0.15) is 17.8 Å². The van der Waals surface area contributed by atoms with Crippen molar-refractivity contribution in [2.75, 3.05) is 5.32 Å². The van der Waals surface area contributed by atoms with Gasteiger partial charge in [0.05, 0.1) is 12.1 Å². The first-order valence-electron chi connectivity index (χ1n) is 6.89. The fraction of sp³-hybridized carbons (Fsp3) is 0.0588. The Bertz CT molecular complexity index is 782. The van der Waals surface area contributed by atoms with Crippen molar-refractivity contribution in [3.05, 3.63) is 72.1 Å². The van der Waals surface area contributed by atoms with Crippen LogP contribution in [0.2, 0.25) is 0 Å². The van der Waals surface area contributed by atoms with Gasteiger partial charge in [-0.3, -0.25) is 10.1 Å². The summed E-state index contributed by atoms with van der Waals surface area (Å²) in [6.45, 7) is 0. The van der Waals surface area contributed by atoms with E-state index >= 15 is 0 Å². The smallest absolute Gasteiger partial charge is 0.301 e. The molecule has 0 aliphatic carbocycles. The van der Waals surface area contributed by atoms with Gasteiger partial charge in [-0.2, -0.15) is 0 Å². The molecule has 0 saturated carbocycles. The van der Waals surface area contributed by atoms with Crippen LogP contribution in [0, 0.1) is 0 Å².